The van der Waals surface area contributed by atoms with Crippen molar-refractivity contribution in [1.29, 1.82) is 0 Å². The minimum absolute atomic E-state index is 0.213. The highest BCUT2D eigenvalue weighted by molar-refractivity contribution is 4.53. The third kappa shape index (κ3) is 0.518. The molecule has 1 aliphatic rings. The lowest BCUT2D eigenvalue weighted by Crippen LogP contribution is -2.07. The van der Waals surface area contributed by atoms with Crippen LogP contribution in [0, 0.1) is 0 Å². The Morgan fingerprint density at radius 2 is 2.50 bits per heavy atom. The summed E-state index contributed by atoms with van der Waals surface area (Å²) >= 11 is 0. The van der Waals surface area contributed by atoms with Gasteiger partial charge in [-0.3, -0.25) is 4.84 Å². The predicted octanol–water partition coefficient (Wildman–Crippen LogP) is -0.157. The molecule has 0 aromatic carbocycles. The summed E-state index contributed by atoms with van der Waals surface area (Å²) in [6.45, 7) is 2.03. The van der Waals surface area contributed by atoms with E-state index in [2.05, 4.69) is 4.84 Å². The zero-order chi connectivity index (χ0) is 4.57. The first-order chi connectivity index (χ1) is 2.84. The largest absolute Gasteiger partial charge is 0.259 e. The lowest BCUT2D eigenvalue weighted by Gasteiger charge is -1.74. The maximum absolute atomic E-state index is 5.09. The van der Waals surface area contributed by atoms with Gasteiger partial charge in [-0.05, 0) is 6.42 Å². The average molecular weight is 88.1 g/mol. The van der Waals surface area contributed by atoms with Gasteiger partial charge in [0.15, 0.2) is 6.23 Å². The minimum Gasteiger partial charge on any atom is -0.259 e. The second-order valence-electron chi connectivity index (χ2n) is 1.33. The van der Waals surface area contributed by atoms with Crippen LogP contribution < -0.4 is 5.84 Å². The molecule has 3 nitrogen and oxygen atoms in total. The zero-order valence-electron chi connectivity index (χ0n) is 3.72. The smallest absolute Gasteiger partial charge is 0.171 e. The fraction of sp³-hybridized carbons (Fsp3) is 1.00. The van der Waals surface area contributed by atoms with Gasteiger partial charge in [-0.2, -0.15) is 0 Å². The summed E-state index contributed by atoms with van der Waals surface area (Å²) in [6.07, 6.45) is 1.20. The first-order valence-electron chi connectivity index (χ1n) is 2.05. The molecule has 2 unspecified atom stereocenters. The van der Waals surface area contributed by atoms with Crippen molar-refractivity contribution < 1.29 is 4.84 Å². The molecule has 36 valence electrons. The van der Waals surface area contributed by atoms with E-state index in [1.807, 2.05) is 6.92 Å². The number of hydrazine groups is 1. The van der Waals surface area contributed by atoms with Gasteiger partial charge < -0.3 is 0 Å². The highest BCUT2D eigenvalue weighted by Gasteiger charge is 2.30. The summed E-state index contributed by atoms with van der Waals surface area (Å²) in [4.78, 5) is 4.68. The molecule has 2 N–H and O–H groups in total. The lowest BCUT2D eigenvalue weighted by atomic mass is 10.5. The van der Waals surface area contributed by atoms with Crippen molar-refractivity contribution in [3.63, 3.8) is 0 Å². The van der Waals surface area contributed by atoms with Crippen molar-refractivity contribution in [2.24, 2.45) is 5.84 Å². The molecule has 3 heteroatoms. The Labute approximate surface area is 36.6 Å². The highest BCUT2D eigenvalue weighted by atomic mass is 16.9. The van der Waals surface area contributed by atoms with E-state index in [9.17, 15) is 0 Å². The van der Waals surface area contributed by atoms with Crippen LogP contribution in [0.4, 0.5) is 0 Å². The van der Waals surface area contributed by atoms with Crippen LogP contribution in [0.15, 0.2) is 0 Å². The molecule has 1 aliphatic heterocycles. The van der Waals surface area contributed by atoms with Crippen LogP contribution in [-0.4, -0.2) is 11.4 Å². The number of nitrogens with two attached hydrogens (primary N) is 1. The molecular formula is C3H8N2O. The summed E-state index contributed by atoms with van der Waals surface area (Å²) in [7, 11) is 0. The van der Waals surface area contributed by atoms with E-state index in [0.717, 1.165) is 6.42 Å². The van der Waals surface area contributed by atoms with E-state index in [1.165, 1.54) is 5.17 Å². The molecule has 0 aliphatic carbocycles. The van der Waals surface area contributed by atoms with Crippen molar-refractivity contribution in [2.75, 3.05) is 0 Å². The number of hydrogen-bond donors (Lipinski definition) is 1. The van der Waals surface area contributed by atoms with Crippen molar-refractivity contribution in [2.45, 2.75) is 19.6 Å². The van der Waals surface area contributed by atoms with Crippen molar-refractivity contribution in [1.82, 2.24) is 5.17 Å². The maximum Gasteiger partial charge on any atom is 0.171 e. The van der Waals surface area contributed by atoms with Crippen LogP contribution in [0.1, 0.15) is 13.3 Å². The van der Waals surface area contributed by atoms with Crippen LogP contribution in [0.2, 0.25) is 0 Å². The first kappa shape index (κ1) is 4.05. The summed E-state index contributed by atoms with van der Waals surface area (Å²) < 4.78 is 0. The normalized spacial score (nSPS) is 43.0. The lowest BCUT2D eigenvalue weighted by molar-refractivity contribution is 0.202. The standard InChI is InChI=1S/C3H8N2O/c1-2-3-5(4)6-3/h3H,2,4H2,1H3. The average Bonchev–Trinajstić information content (AvgIpc) is 2.19. The van der Waals surface area contributed by atoms with E-state index in [0.29, 0.717) is 0 Å². The Balaban J connectivity index is 2.09. The van der Waals surface area contributed by atoms with E-state index in [4.69, 9.17) is 5.84 Å². The molecule has 0 aromatic heterocycles. The number of nitrogens with zero attached hydrogens (tertiary/aromatic N) is 1. The van der Waals surface area contributed by atoms with E-state index < -0.39 is 0 Å². The van der Waals surface area contributed by atoms with Crippen molar-refractivity contribution >= 4 is 0 Å². The van der Waals surface area contributed by atoms with Gasteiger partial charge in [0.25, 0.3) is 0 Å². The summed E-state index contributed by atoms with van der Waals surface area (Å²) in [5, 5.41) is 1.35. The number of hydroxylamine groups is 1. The molecule has 1 saturated heterocycles. The number of hydrogen-bond acceptors (Lipinski definition) is 3. The van der Waals surface area contributed by atoms with Gasteiger partial charge in [0, 0.05) is 0 Å². The minimum atomic E-state index is 0.213. The van der Waals surface area contributed by atoms with Gasteiger partial charge in [0.05, 0.1) is 0 Å². The fourth-order valence-corrected chi connectivity index (χ4v) is 0.368. The van der Waals surface area contributed by atoms with Gasteiger partial charge >= 0.3 is 0 Å². The predicted molar refractivity (Wildman–Crippen MR) is 21.2 cm³/mol. The quantitative estimate of drug-likeness (QED) is 0.358. The SMILES string of the molecule is CCC1ON1N. The van der Waals surface area contributed by atoms with E-state index in [-0.39, 0.29) is 6.23 Å². The van der Waals surface area contributed by atoms with Gasteiger partial charge in [-0.1, -0.05) is 12.1 Å². The highest BCUT2D eigenvalue weighted by Crippen LogP contribution is 2.15. The van der Waals surface area contributed by atoms with Gasteiger partial charge in [0.2, 0.25) is 0 Å². The van der Waals surface area contributed by atoms with E-state index >= 15 is 0 Å². The number of rotatable bonds is 1. The van der Waals surface area contributed by atoms with Crippen LogP contribution in [0.25, 0.3) is 0 Å². The molecule has 0 spiro atoms. The fourth-order valence-electron chi connectivity index (χ4n) is 0.368. The van der Waals surface area contributed by atoms with Crippen LogP contribution in [0.5, 0.6) is 0 Å². The van der Waals surface area contributed by atoms with Crippen molar-refractivity contribution in [3.8, 4) is 0 Å². The van der Waals surface area contributed by atoms with Crippen LogP contribution in [0.3, 0.4) is 0 Å². The molecular weight excluding hydrogens is 80.0 g/mol. The second-order valence-corrected chi connectivity index (χ2v) is 1.33. The molecule has 1 heterocycles. The Bertz CT molecular complexity index is 54.8. The first-order valence-corrected chi connectivity index (χ1v) is 2.05. The summed E-state index contributed by atoms with van der Waals surface area (Å²) in [5.41, 5.74) is 0. The zero-order valence-corrected chi connectivity index (χ0v) is 3.72. The van der Waals surface area contributed by atoms with Crippen LogP contribution >= 0.6 is 0 Å². The van der Waals surface area contributed by atoms with Gasteiger partial charge in [-0.25, -0.2) is 5.84 Å². The third-order valence-electron chi connectivity index (χ3n) is 0.831. The molecule has 0 saturated carbocycles. The Morgan fingerprint density at radius 3 is 2.50 bits per heavy atom. The molecule has 0 radical (unpaired) electrons. The van der Waals surface area contributed by atoms with Crippen LogP contribution in [-0.2, 0) is 4.84 Å². The molecule has 2 atom stereocenters. The molecule has 1 fully saturated rings. The topological polar surface area (TPSA) is 41.6 Å². The Morgan fingerprint density at radius 1 is 2.00 bits per heavy atom. The molecule has 0 amide bonds. The van der Waals surface area contributed by atoms with Gasteiger partial charge in [0.1, 0.15) is 0 Å². The van der Waals surface area contributed by atoms with Crippen molar-refractivity contribution in [3.05, 3.63) is 0 Å². The maximum atomic E-state index is 5.09. The van der Waals surface area contributed by atoms with E-state index in [1.54, 1.807) is 0 Å². The molecule has 6 heavy (non-hydrogen) atoms. The Kier molecular flexibility index (Phi) is 0.799. The molecule has 0 aromatic rings. The second kappa shape index (κ2) is 1.18. The Hall–Kier alpha value is -0.120. The third-order valence-corrected chi connectivity index (χ3v) is 0.831. The molecule has 0 bridgehead atoms. The summed E-state index contributed by atoms with van der Waals surface area (Å²) in [5.74, 6) is 5.09. The summed E-state index contributed by atoms with van der Waals surface area (Å²) in [6, 6.07) is 0. The monoisotopic (exact) mass is 88.1 g/mol. The molecule has 1 rings (SSSR count). The van der Waals surface area contributed by atoms with Gasteiger partial charge in [-0.15, -0.1) is 0 Å².